The summed E-state index contributed by atoms with van der Waals surface area (Å²) in [6.45, 7) is 2.91. The number of rotatable bonds is 9. The molecule has 0 amide bonds. The zero-order chi connectivity index (χ0) is 30.8. The Hall–Kier alpha value is -4.48. The molecular formula is C34H39FN7O2+. The van der Waals surface area contributed by atoms with Crippen LogP contribution in [-0.4, -0.2) is 71.5 Å². The first-order valence-electron chi connectivity index (χ1n) is 14.8. The Morgan fingerprint density at radius 1 is 1.16 bits per heavy atom. The van der Waals surface area contributed by atoms with Crippen molar-refractivity contribution in [3.05, 3.63) is 137 Å². The van der Waals surface area contributed by atoms with E-state index in [1.807, 2.05) is 109 Å². The zero-order valence-electron chi connectivity index (χ0n) is 25.6. The van der Waals surface area contributed by atoms with Crippen LogP contribution in [0.4, 0.5) is 10.1 Å². The quantitative estimate of drug-likeness (QED) is 0.294. The lowest BCUT2D eigenvalue weighted by Crippen LogP contribution is -2.56. The van der Waals surface area contributed by atoms with Crippen LogP contribution in [0.1, 0.15) is 17.5 Å². The van der Waals surface area contributed by atoms with Gasteiger partial charge in [0.1, 0.15) is 25.2 Å². The molecule has 2 unspecified atom stereocenters. The van der Waals surface area contributed by atoms with Crippen molar-refractivity contribution < 1.29 is 19.1 Å². The van der Waals surface area contributed by atoms with Crippen molar-refractivity contribution >= 4 is 11.9 Å². The molecule has 2 aromatic rings. The molecule has 6 rings (SSSR count). The molecule has 44 heavy (non-hydrogen) atoms. The average Bonchev–Trinajstić information content (AvgIpc) is 3.56. The van der Waals surface area contributed by atoms with Crippen molar-refractivity contribution in [2.45, 2.75) is 25.8 Å². The smallest absolute Gasteiger partial charge is 0.227 e. The van der Waals surface area contributed by atoms with Gasteiger partial charge < -0.3 is 4.74 Å². The third-order valence-electron chi connectivity index (χ3n) is 8.29. The molecule has 228 valence electrons. The molecule has 0 bridgehead atoms. The number of fused-ring (bicyclic) bond motifs is 1. The number of likely N-dealkylation sites (N-methyl/N-ethyl adjacent to an activating group) is 2. The van der Waals surface area contributed by atoms with Crippen LogP contribution in [0.2, 0.25) is 0 Å². The molecule has 0 aromatic heterocycles. The number of hydrogen-bond acceptors (Lipinski definition) is 8. The van der Waals surface area contributed by atoms with E-state index in [0.29, 0.717) is 54.7 Å². The van der Waals surface area contributed by atoms with E-state index >= 15 is 4.39 Å². The fraction of sp³-hybridized carbons (Fsp3) is 0.265. The second kappa shape index (κ2) is 12.3. The van der Waals surface area contributed by atoms with Crippen molar-refractivity contribution in [3.63, 3.8) is 0 Å². The van der Waals surface area contributed by atoms with Crippen molar-refractivity contribution in [1.82, 2.24) is 20.5 Å². The molecule has 0 saturated carbocycles. The Kier molecular flexibility index (Phi) is 8.24. The molecule has 0 spiro atoms. The van der Waals surface area contributed by atoms with Crippen LogP contribution < -0.4 is 10.4 Å². The van der Waals surface area contributed by atoms with Crippen LogP contribution in [0.5, 0.6) is 0 Å². The van der Waals surface area contributed by atoms with E-state index in [4.69, 9.17) is 4.74 Å². The molecule has 3 aliphatic heterocycles. The Bertz CT molecular complexity index is 1610. The normalized spacial score (nSPS) is 21.4. The Morgan fingerprint density at radius 3 is 2.70 bits per heavy atom. The average molecular weight is 597 g/mol. The lowest BCUT2D eigenvalue weighted by atomic mass is 10.0. The molecule has 0 radical (unpaired) electrons. The number of anilines is 1. The minimum Gasteiger partial charge on any atom is -0.493 e. The first-order valence-corrected chi connectivity index (χ1v) is 14.8. The van der Waals surface area contributed by atoms with Gasteiger partial charge >= 0.3 is 0 Å². The summed E-state index contributed by atoms with van der Waals surface area (Å²) in [6.07, 6.45) is 13.9. The zero-order valence-corrected chi connectivity index (χ0v) is 25.6. The van der Waals surface area contributed by atoms with E-state index in [-0.39, 0.29) is 5.83 Å². The van der Waals surface area contributed by atoms with Crippen molar-refractivity contribution in [1.29, 1.82) is 0 Å². The summed E-state index contributed by atoms with van der Waals surface area (Å²) < 4.78 is 21.5. The van der Waals surface area contributed by atoms with Gasteiger partial charge in [-0.05, 0) is 55.3 Å². The number of hydrogen-bond donors (Lipinski definition) is 2. The van der Waals surface area contributed by atoms with Gasteiger partial charge in [-0.15, -0.1) is 0 Å². The number of ether oxygens (including phenoxy) is 1. The largest absolute Gasteiger partial charge is 0.493 e. The van der Waals surface area contributed by atoms with Crippen LogP contribution >= 0.6 is 0 Å². The fourth-order valence-corrected chi connectivity index (χ4v) is 5.70. The van der Waals surface area contributed by atoms with Crippen LogP contribution in [-0.2, 0) is 11.2 Å². The number of hydroxylamine groups is 2. The standard InChI is InChI=1S/C34H39FN7O2/c1-25-15-17-27(18-16-25)41-32(39(3)42(4,43)30-24-38(2)40-21-10-20-36-34(30)40)23-29(37-41)33-28(35)13-8-9-14-31(33)44-22-19-26-11-6-5-7-12-26/h5-7,9-18,20-21,23,29,37,43H,8,19,22,24H2,1-4H3/q+1. The van der Waals surface area contributed by atoms with Gasteiger partial charge in [0.2, 0.25) is 11.5 Å². The maximum absolute atomic E-state index is 15.9. The first kappa shape index (κ1) is 29.6. The monoisotopic (exact) mass is 596 g/mol. The van der Waals surface area contributed by atoms with Crippen LogP contribution in [0.25, 0.3) is 0 Å². The Balaban J connectivity index is 1.37. The molecular weight excluding hydrogens is 557 g/mol. The van der Waals surface area contributed by atoms with Crippen LogP contribution in [0.3, 0.4) is 0 Å². The lowest BCUT2D eigenvalue weighted by molar-refractivity contribution is -1.14. The van der Waals surface area contributed by atoms with Gasteiger partial charge in [0.15, 0.2) is 5.82 Å². The summed E-state index contributed by atoms with van der Waals surface area (Å²) in [5, 5.41) is 19.7. The molecule has 10 heteroatoms. The molecule has 9 nitrogen and oxygen atoms in total. The number of hydrazine groups is 2. The fourth-order valence-electron chi connectivity index (χ4n) is 5.70. The number of nitrogens with one attached hydrogen (secondary N) is 1. The van der Waals surface area contributed by atoms with Gasteiger partial charge in [-0.3, -0.25) is 10.0 Å². The molecule has 0 saturated heterocycles. The van der Waals surface area contributed by atoms with Gasteiger partial charge in [-0.1, -0.05) is 58.9 Å². The minimum atomic E-state index is -0.582. The molecule has 4 aliphatic rings. The van der Waals surface area contributed by atoms with Crippen LogP contribution in [0, 0.1) is 6.92 Å². The summed E-state index contributed by atoms with van der Waals surface area (Å²) in [5.74, 6) is 1.45. The molecule has 3 heterocycles. The number of aryl methyl sites for hydroxylation is 1. The predicted octanol–water partition coefficient (Wildman–Crippen LogP) is 5.47. The number of halogens is 1. The number of allylic oxidation sites excluding steroid dienone is 4. The molecule has 2 N–H and O–H groups in total. The molecule has 2 aromatic carbocycles. The summed E-state index contributed by atoms with van der Waals surface area (Å²) >= 11 is 0. The number of benzene rings is 2. The van der Waals surface area contributed by atoms with Crippen molar-refractivity contribution in [3.8, 4) is 0 Å². The highest BCUT2D eigenvalue weighted by Gasteiger charge is 2.46. The lowest BCUT2D eigenvalue weighted by Gasteiger charge is -2.38. The highest BCUT2D eigenvalue weighted by Crippen LogP contribution is 2.37. The Labute approximate surface area is 258 Å². The van der Waals surface area contributed by atoms with Gasteiger partial charge in [0.05, 0.1) is 31.0 Å². The molecule has 0 fully saturated rings. The van der Waals surface area contributed by atoms with E-state index in [2.05, 4.69) is 22.6 Å². The van der Waals surface area contributed by atoms with Gasteiger partial charge in [-0.2, -0.15) is 10.2 Å². The maximum Gasteiger partial charge on any atom is 0.227 e. The third-order valence-corrected chi connectivity index (χ3v) is 8.29. The van der Waals surface area contributed by atoms with E-state index in [9.17, 15) is 5.21 Å². The van der Waals surface area contributed by atoms with Crippen molar-refractivity contribution in [2.24, 2.45) is 4.99 Å². The summed E-state index contributed by atoms with van der Waals surface area (Å²) in [6, 6.07) is 17.6. The minimum absolute atomic E-state index is 0.339. The predicted molar refractivity (Wildman–Crippen MR) is 170 cm³/mol. The number of quaternary nitrogens is 1. The van der Waals surface area contributed by atoms with E-state index in [0.717, 1.165) is 16.8 Å². The van der Waals surface area contributed by atoms with E-state index < -0.39 is 10.8 Å². The number of aliphatic imine (C=N–C) groups is 1. The van der Waals surface area contributed by atoms with Crippen LogP contribution in [0.15, 0.2) is 131 Å². The number of nitrogens with zero attached hydrogens (tertiary/aromatic N) is 6. The highest BCUT2D eigenvalue weighted by molar-refractivity contribution is 5.73. The topological polar surface area (TPSA) is 66.8 Å². The van der Waals surface area contributed by atoms with E-state index in [1.165, 1.54) is 0 Å². The summed E-state index contributed by atoms with van der Waals surface area (Å²) in [5.41, 5.74) is 7.72. The maximum atomic E-state index is 15.9. The SMILES string of the molecule is Cc1ccc(N2NC(C3=C(OCCc4ccccc4)C=CCC=C3F)C=C2N(C)[N+](C)(O)C2=C3N=CC=CN3N(C)C2)cc1. The van der Waals surface area contributed by atoms with Gasteiger partial charge in [0.25, 0.3) is 0 Å². The summed E-state index contributed by atoms with van der Waals surface area (Å²) in [7, 11) is 5.48. The summed E-state index contributed by atoms with van der Waals surface area (Å²) in [4.78, 5) is 4.57. The van der Waals surface area contributed by atoms with Crippen molar-refractivity contribution in [2.75, 3.05) is 39.3 Å². The second-order valence-corrected chi connectivity index (χ2v) is 11.3. The molecule has 1 aliphatic carbocycles. The van der Waals surface area contributed by atoms with Gasteiger partial charge in [-0.25, -0.2) is 19.8 Å². The molecule has 2 atom stereocenters. The van der Waals surface area contributed by atoms with Gasteiger partial charge in [0, 0.05) is 25.9 Å². The Morgan fingerprint density at radius 2 is 1.93 bits per heavy atom. The second-order valence-electron chi connectivity index (χ2n) is 11.3. The first-order chi connectivity index (χ1) is 21.2. The third kappa shape index (κ3) is 5.72. The highest BCUT2D eigenvalue weighted by atomic mass is 19.1. The van der Waals surface area contributed by atoms with E-state index in [1.54, 1.807) is 24.3 Å².